The van der Waals surface area contributed by atoms with E-state index in [4.69, 9.17) is 5.11 Å². The highest BCUT2D eigenvalue weighted by molar-refractivity contribution is 5.70. The predicted molar refractivity (Wildman–Crippen MR) is 72.9 cm³/mol. The third kappa shape index (κ3) is 3.75. The van der Waals surface area contributed by atoms with Crippen molar-refractivity contribution >= 4 is 5.97 Å². The maximum absolute atomic E-state index is 10.9. The van der Waals surface area contributed by atoms with E-state index >= 15 is 0 Å². The monoisotopic (exact) mass is 262 g/mol. The van der Waals surface area contributed by atoms with Crippen molar-refractivity contribution in [2.45, 2.75) is 51.9 Å². The molecule has 0 atom stereocenters. The molecule has 1 aliphatic rings. The first kappa shape index (κ1) is 14.0. The summed E-state index contributed by atoms with van der Waals surface area (Å²) in [4.78, 5) is 20.0. The molecule has 0 amide bonds. The highest BCUT2D eigenvalue weighted by Gasteiger charge is 2.28. The molecule has 1 aliphatic carbocycles. The van der Waals surface area contributed by atoms with Crippen LogP contribution in [0.15, 0.2) is 12.3 Å². The second kappa shape index (κ2) is 6.13. The van der Waals surface area contributed by atoms with Gasteiger partial charge in [-0.15, -0.1) is 0 Å². The van der Waals surface area contributed by atoms with Crippen LogP contribution in [0.5, 0.6) is 0 Å². The number of carboxylic acid groups (broad SMARTS) is 1. The second-order valence-electron chi connectivity index (χ2n) is 5.89. The summed E-state index contributed by atoms with van der Waals surface area (Å²) in [6.07, 6.45) is 6.09. The van der Waals surface area contributed by atoms with Gasteiger partial charge in [-0.2, -0.15) is 0 Å². The summed E-state index contributed by atoms with van der Waals surface area (Å²) >= 11 is 0. The van der Waals surface area contributed by atoms with E-state index in [0.29, 0.717) is 11.8 Å². The highest BCUT2D eigenvalue weighted by Crippen LogP contribution is 2.34. The van der Waals surface area contributed by atoms with Gasteiger partial charge < -0.3 is 5.11 Å². The van der Waals surface area contributed by atoms with Gasteiger partial charge in [-0.05, 0) is 44.1 Å². The van der Waals surface area contributed by atoms with Gasteiger partial charge in [0.15, 0.2) is 0 Å². The lowest BCUT2D eigenvalue weighted by Crippen LogP contribution is -2.21. The zero-order valence-corrected chi connectivity index (χ0v) is 11.7. The van der Waals surface area contributed by atoms with Gasteiger partial charge in [-0.1, -0.05) is 13.8 Å². The largest absolute Gasteiger partial charge is 0.481 e. The fourth-order valence-electron chi connectivity index (χ4n) is 2.74. The molecule has 1 fully saturated rings. The summed E-state index contributed by atoms with van der Waals surface area (Å²) in [7, 11) is 0. The van der Waals surface area contributed by atoms with Crippen LogP contribution in [0.2, 0.25) is 0 Å². The van der Waals surface area contributed by atoms with Crippen LogP contribution in [-0.4, -0.2) is 21.0 Å². The second-order valence-corrected chi connectivity index (χ2v) is 5.89. The summed E-state index contributed by atoms with van der Waals surface area (Å²) in [6.45, 7) is 4.36. The van der Waals surface area contributed by atoms with Gasteiger partial charge in [0, 0.05) is 17.8 Å². The Kier molecular flexibility index (Phi) is 4.51. The van der Waals surface area contributed by atoms with Crippen molar-refractivity contribution in [1.82, 2.24) is 9.97 Å². The lowest BCUT2D eigenvalue weighted by molar-refractivity contribution is -0.142. The van der Waals surface area contributed by atoms with Crippen LogP contribution in [0.3, 0.4) is 0 Å². The van der Waals surface area contributed by atoms with E-state index in [1.54, 1.807) is 0 Å². The highest BCUT2D eigenvalue weighted by atomic mass is 16.4. The van der Waals surface area contributed by atoms with Crippen LogP contribution in [-0.2, 0) is 11.2 Å². The van der Waals surface area contributed by atoms with Gasteiger partial charge in [0.25, 0.3) is 0 Å². The average molecular weight is 262 g/mol. The Morgan fingerprint density at radius 3 is 2.63 bits per heavy atom. The number of rotatable bonds is 4. The van der Waals surface area contributed by atoms with Crippen LogP contribution in [0.25, 0.3) is 0 Å². The van der Waals surface area contributed by atoms with Crippen LogP contribution < -0.4 is 0 Å². The minimum absolute atomic E-state index is 0.171. The van der Waals surface area contributed by atoms with Gasteiger partial charge in [0.05, 0.1) is 5.92 Å². The van der Waals surface area contributed by atoms with Gasteiger partial charge in [-0.3, -0.25) is 4.79 Å². The maximum atomic E-state index is 10.9. The number of carboxylic acids is 1. The van der Waals surface area contributed by atoms with E-state index < -0.39 is 5.97 Å². The minimum atomic E-state index is -0.659. The van der Waals surface area contributed by atoms with E-state index in [0.717, 1.165) is 43.6 Å². The first-order chi connectivity index (χ1) is 9.06. The number of carbonyl (C=O) groups is 1. The van der Waals surface area contributed by atoms with Gasteiger partial charge in [-0.25, -0.2) is 9.97 Å². The fourth-order valence-corrected chi connectivity index (χ4v) is 2.74. The lowest BCUT2D eigenvalue weighted by atomic mass is 9.81. The molecule has 0 bridgehead atoms. The fraction of sp³-hybridized carbons (Fsp3) is 0.667. The number of aromatic nitrogens is 2. The van der Waals surface area contributed by atoms with Crippen molar-refractivity contribution in [3.8, 4) is 0 Å². The molecule has 0 spiro atoms. The molecular weight excluding hydrogens is 240 g/mol. The third-order valence-electron chi connectivity index (χ3n) is 3.79. The molecule has 104 valence electrons. The zero-order chi connectivity index (χ0) is 13.8. The topological polar surface area (TPSA) is 63.1 Å². The van der Waals surface area contributed by atoms with Crippen LogP contribution in [0.4, 0.5) is 0 Å². The van der Waals surface area contributed by atoms with Crippen molar-refractivity contribution in [2.24, 2.45) is 11.8 Å². The smallest absolute Gasteiger partial charge is 0.306 e. The van der Waals surface area contributed by atoms with Crippen molar-refractivity contribution in [3.63, 3.8) is 0 Å². The molecule has 2 rings (SSSR count). The van der Waals surface area contributed by atoms with Crippen LogP contribution in [0, 0.1) is 11.8 Å². The molecule has 4 nitrogen and oxygen atoms in total. The molecule has 1 aromatic heterocycles. The Morgan fingerprint density at radius 2 is 2.05 bits per heavy atom. The van der Waals surface area contributed by atoms with E-state index in [1.165, 1.54) is 0 Å². The first-order valence-corrected chi connectivity index (χ1v) is 7.11. The van der Waals surface area contributed by atoms with Gasteiger partial charge >= 0.3 is 5.97 Å². The molecule has 1 saturated carbocycles. The standard InChI is InChI=1S/C15H22N2O2/c1-10(2)9-13-7-8-16-14(17-13)11-3-5-12(6-4-11)15(18)19/h7-8,10-12H,3-6,9H2,1-2H3,(H,18,19). The van der Waals surface area contributed by atoms with Gasteiger partial charge in [0.1, 0.15) is 5.82 Å². The molecule has 0 aromatic carbocycles. The number of hydrogen-bond donors (Lipinski definition) is 1. The Balaban J connectivity index is 2.01. The normalized spacial score (nSPS) is 23.5. The van der Waals surface area contributed by atoms with Crippen LogP contribution >= 0.6 is 0 Å². The van der Waals surface area contributed by atoms with Crippen molar-refractivity contribution in [1.29, 1.82) is 0 Å². The Bertz CT molecular complexity index is 438. The van der Waals surface area contributed by atoms with E-state index in [2.05, 4.69) is 23.8 Å². The summed E-state index contributed by atoms with van der Waals surface area (Å²) in [5.74, 6) is 0.998. The third-order valence-corrected chi connectivity index (χ3v) is 3.79. The average Bonchev–Trinajstić information content (AvgIpc) is 2.38. The molecular formula is C15H22N2O2. The van der Waals surface area contributed by atoms with E-state index in [-0.39, 0.29) is 5.92 Å². The summed E-state index contributed by atoms with van der Waals surface area (Å²) in [5.41, 5.74) is 1.10. The molecule has 0 radical (unpaired) electrons. The minimum Gasteiger partial charge on any atom is -0.481 e. The predicted octanol–water partition coefficient (Wildman–Crippen LogP) is 3.03. The molecule has 4 heteroatoms. The first-order valence-electron chi connectivity index (χ1n) is 7.11. The number of aliphatic carboxylic acids is 1. The van der Waals surface area contributed by atoms with Crippen molar-refractivity contribution in [2.75, 3.05) is 0 Å². The molecule has 1 aromatic rings. The molecule has 1 N–H and O–H groups in total. The van der Waals surface area contributed by atoms with Gasteiger partial charge in [0.2, 0.25) is 0 Å². The quantitative estimate of drug-likeness (QED) is 0.906. The van der Waals surface area contributed by atoms with E-state index in [1.807, 2.05) is 12.3 Å². The van der Waals surface area contributed by atoms with Crippen molar-refractivity contribution in [3.05, 3.63) is 23.8 Å². The number of nitrogens with zero attached hydrogens (tertiary/aromatic N) is 2. The Labute approximate surface area is 114 Å². The molecule has 0 aliphatic heterocycles. The summed E-state index contributed by atoms with van der Waals surface area (Å²) < 4.78 is 0. The van der Waals surface area contributed by atoms with Crippen molar-refractivity contribution < 1.29 is 9.90 Å². The zero-order valence-electron chi connectivity index (χ0n) is 11.7. The number of hydrogen-bond acceptors (Lipinski definition) is 3. The Morgan fingerprint density at radius 1 is 1.37 bits per heavy atom. The molecule has 0 saturated heterocycles. The Hall–Kier alpha value is -1.45. The maximum Gasteiger partial charge on any atom is 0.306 e. The molecule has 1 heterocycles. The van der Waals surface area contributed by atoms with E-state index in [9.17, 15) is 4.79 Å². The lowest BCUT2D eigenvalue weighted by Gasteiger charge is -2.25. The summed E-state index contributed by atoms with van der Waals surface area (Å²) in [6, 6.07) is 1.98. The SMILES string of the molecule is CC(C)Cc1ccnc(C2CCC(C(=O)O)CC2)n1. The summed E-state index contributed by atoms with van der Waals surface area (Å²) in [5, 5.41) is 9.01. The van der Waals surface area contributed by atoms with Crippen LogP contribution in [0.1, 0.15) is 57.0 Å². The molecule has 19 heavy (non-hydrogen) atoms. The molecule has 0 unspecified atom stereocenters.